The molecule has 5 rings (SSSR count). The lowest BCUT2D eigenvalue weighted by Crippen LogP contribution is -2.42. The van der Waals surface area contributed by atoms with E-state index in [1.165, 1.54) is 16.9 Å². The molecule has 1 saturated carbocycles. The number of hydrogen-bond donors (Lipinski definition) is 2. The average molecular weight is 540 g/mol. The summed E-state index contributed by atoms with van der Waals surface area (Å²) in [7, 11) is 0. The summed E-state index contributed by atoms with van der Waals surface area (Å²) in [5, 5.41) is 8.96. The maximum absolute atomic E-state index is 13.2. The quantitative estimate of drug-likeness (QED) is 0.479. The molecule has 2 aromatic heterocycles. The van der Waals surface area contributed by atoms with Gasteiger partial charge in [-0.2, -0.15) is 23.4 Å². The summed E-state index contributed by atoms with van der Waals surface area (Å²) in [5.41, 5.74) is 12.5. The minimum atomic E-state index is -4.46. The van der Waals surface area contributed by atoms with Gasteiger partial charge in [-0.15, -0.1) is 0 Å². The zero-order valence-corrected chi connectivity index (χ0v) is 21.5. The predicted octanol–water partition coefficient (Wildman–Crippen LogP) is 3.63. The number of hydrogen-bond acceptors (Lipinski definition) is 5. The monoisotopic (exact) mass is 539 g/mol. The molecule has 2 fully saturated rings. The van der Waals surface area contributed by atoms with Gasteiger partial charge < -0.3 is 16.4 Å². The average Bonchev–Trinajstić information content (AvgIpc) is 3.59. The Hall–Kier alpha value is -4.27. The number of anilines is 1. The number of halogens is 3. The van der Waals surface area contributed by atoms with E-state index in [0.717, 1.165) is 31.4 Å². The topological polar surface area (TPSA) is 125 Å². The predicted molar refractivity (Wildman–Crippen MR) is 137 cm³/mol. The maximum Gasteiger partial charge on any atom is 0.416 e. The van der Waals surface area contributed by atoms with E-state index in [2.05, 4.69) is 22.0 Å². The van der Waals surface area contributed by atoms with E-state index in [-0.39, 0.29) is 34.4 Å². The lowest BCUT2D eigenvalue weighted by molar-refractivity contribution is -0.137. The Morgan fingerprint density at radius 2 is 2.00 bits per heavy atom. The Kier molecular flexibility index (Phi) is 6.40. The molecule has 12 heteroatoms. The van der Waals surface area contributed by atoms with Crippen molar-refractivity contribution in [3.63, 3.8) is 0 Å². The lowest BCUT2D eigenvalue weighted by Gasteiger charge is -2.45. The summed E-state index contributed by atoms with van der Waals surface area (Å²) in [5.74, 6) is 4.47. The number of primary amides is 1. The van der Waals surface area contributed by atoms with Crippen LogP contribution in [0.1, 0.15) is 66.7 Å². The van der Waals surface area contributed by atoms with Crippen LogP contribution in [0.4, 0.5) is 19.0 Å². The molecule has 0 bridgehead atoms. The van der Waals surface area contributed by atoms with E-state index in [0.29, 0.717) is 24.2 Å². The van der Waals surface area contributed by atoms with Crippen LogP contribution in [0.2, 0.25) is 0 Å². The van der Waals surface area contributed by atoms with Crippen molar-refractivity contribution >= 4 is 17.6 Å². The number of nitrogen functional groups attached to an aromatic ring is 1. The highest BCUT2D eigenvalue weighted by Gasteiger charge is 2.51. The Bertz CT molecular complexity index is 1510. The molecular weight excluding hydrogens is 511 g/mol. The van der Waals surface area contributed by atoms with Crippen molar-refractivity contribution in [3.8, 4) is 23.1 Å². The third-order valence-electron chi connectivity index (χ3n) is 7.80. The highest BCUT2D eigenvalue weighted by Crippen LogP contribution is 2.54. The number of carbonyl (C=O) groups excluding carboxylic acids is 2. The number of benzene rings is 1. The van der Waals surface area contributed by atoms with Crippen LogP contribution in [0, 0.1) is 17.3 Å². The van der Waals surface area contributed by atoms with Crippen molar-refractivity contribution in [3.05, 3.63) is 53.3 Å². The second-order valence-corrected chi connectivity index (χ2v) is 10.3. The fraction of sp³-hybridized carbons (Fsp3) is 0.407. The van der Waals surface area contributed by atoms with Gasteiger partial charge in [-0.05, 0) is 62.1 Å². The van der Waals surface area contributed by atoms with Crippen molar-refractivity contribution in [1.82, 2.24) is 24.5 Å². The number of rotatable bonds is 5. The van der Waals surface area contributed by atoms with Gasteiger partial charge in [0.1, 0.15) is 17.1 Å². The van der Waals surface area contributed by atoms with Crippen LogP contribution in [0.5, 0.6) is 0 Å². The largest absolute Gasteiger partial charge is 0.416 e. The van der Waals surface area contributed by atoms with E-state index in [1.807, 2.05) is 0 Å². The molecule has 1 aliphatic carbocycles. The van der Waals surface area contributed by atoms with E-state index in [9.17, 15) is 22.8 Å². The smallest absolute Gasteiger partial charge is 0.383 e. The molecule has 0 radical (unpaired) electrons. The molecule has 39 heavy (non-hydrogen) atoms. The fourth-order valence-corrected chi connectivity index (χ4v) is 5.71. The van der Waals surface area contributed by atoms with Crippen LogP contribution in [-0.4, -0.2) is 49.4 Å². The first-order chi connectivity index (χ1) is 18.4. The summed E-state index contributed by atoms with van der Waals surface area (Å²) in [6.07, 6.45) is 0.984. The van der Waals surface area contributed by atoms with Crippen LogP contribution >= 0.6 is 0 Å². The second-order valence-electron chi connectivity index (χ2n) is 10.3. The molecule has 1 aromatic carbocycles. The molecule has 0 unspecified atom stereocenters. The minimum Gasteiger partial charge on any atom is -0.383 e. The van der Waals surface area contributed by atoms with E-state index in [1.54, 1.807) is 35.7 Å². The van der Waals surface area contributed by atoms with Gasteiger partial charge in [-0.3, -0.25) is 14.3 Å². The van der Waals surface area contributed by atoms with Crippen molar-refractivity contribution in [2.24, 2.45) is 11.1 Å². The summed E-state index contributed by atoms with van der Waals surface area (Å²) < 4.78 is 42.7. The van der Waals surface area contributed by atoms with Gasteiger partial charge in [-0.25, -0.2) is 4.68 Å². The standard InChI is InChI=1S/C27H28F3N7O2/c1-3-5-21(38)35-9-8-26(15-35)11-20(12-26)37-24(31)22(25(32)39)23(34-37)18-13-33-36(14-18)16(2)17-6-4-7-19(10-17)27(28,29)30/h4,6-7,10,13-14,16,20H,8-9,11-12,15,31H2,1-2H3,(H2,32,39)/t16-,20-,26-/m0/s1. The van der Waals surface area contributed by atoms with Gasteiger partial charge in [0.15, 0.2) is 0 Å². The van der Waals surface area contributed by atoms with Crippen LogP contribution in [0.25, 0.3) is 11.3 Å². The number of aromatic nitrogens is 4. The number of amides is 2. The molecule has 3 heterocycles. The lowest BCUT2D eigenvalue weighted by atomic mass is 9.65. The fourth-order valence-electron chi connectivity index (χ4n) is 5.71. The van der Waals surface area contributed by atoms with Crippen molar-refractivity contribution < 1.29 is 22.8 Å². The third-order valence-corrected chi connectivity index (χ3v) is 7.80. The second kappa shape index (κ2) is 9.48. The first kappa shape index (κ1) is 26.3. The van der Waals surface area contributed by atoms with Gasteiger partial charge in [0, 0.05) is 24.8 Å². The van der Waals surface area contributed by atoms with E-state index < -0.39 is 23.7 Å². The third kappa shape index (κ3) is 4.73. The molecule has 1 spiro atoms. The molecule has 1 atom stereocenters. The minimum absolute atomic E-state index is 0.0353. The molecule has 2 aliphatic rings. The van der Waals surface area contributed by atoms with Crippen LogP contribution in [0.3, 0.4) is 0 Å². The molecular formula is C27H28F3N7O2. The Balaban J connectivity index is 1.38. The normalized spacial score (nSPS) is 21.4. The summed E-state index contributed by atoms with van der Waals surface area (Å²) in [4.78, 5) is 26.3. The molecule has 4 N–H and O–H groups in total. The number of nitrogens with two attached hydrogens (primary N) is 2. The summed E-state index contributed by atoms with van der Waals surface area (Å²) in [6.45, 7) is 4.63. The Labute approximate surface area is 222 Å². The van der Waals surface area contributed by atoms with Crippen molar-refractivity contribution in [2.45, 2.75) is 51.4 Å². The number of carbonyl (C=O) groups is 2. The van der Waals surface area contributed by atoms with E-state index >= 15 is 0 Å². The zero-order valence-electron chi connectivity index (χ0n) is 21.5. The van der Waals surface area contributed by atoms with Crippen LogP contribution < -0.4 is 11.5 Å². The molecule has 1 aliphatic heterocycles. The van der Waals surface area contributed by atoms with Gasteiger partial charge in [0.2, 0.25) is 0 Å². The molecule has 204 valence electrons. The maximum atomic E-state index is 13.2. The SMILES string of the molecule is CC#CC(=O)N1CC[C@]2(C1)C[C@H](n1nc(-c3cnn([C@@H](C)c4cccc(C(F)(F)F)c4)c3)c(C(N)=O)c1N)C2. The van der Waals surface area contributed by atoms with Crippen molar-refractivity contribution in [2.75, 3.05) is 18.8 Å². The number of nitrogens with zero attached hydrogens (tertiary/aromatic N) is 5. The molecule has 3 aromatic rings. The highest BCUT2D eigenvalue weighted by molar-refractivity contribution is 6.03. The van der Waals surface area contributed by atoms with Gasteiger partial charge in [0.25, 0.3) is 11.8 Å². The first-order valence-electron chi connectivity index (χ1n) is 12.5. The highest BCUT2D eigenvalue weighted by atomic mass is 19.4. The van der Waals surface area contributed by atoms with E-state index in [4.69, 9.17) is 11.5 Å². The number of likely N-dealkylation sites (tertiary alicyclic amines) is 1. The van der Waals surface area contributed by atoms with Crippen molar-refractivity contribution in [1.29, 1.82) is 0 Å². The van der Waals surface area contributed by atoms with Crippen LogP contribution in [-0.2, 0) is 11.0 Å². The van der Waals surface area contributed by atoms with Gasteiger partial charge in [-0.1, -0.05) is 18.1 Å². The molecule has 2 amide bonds. The van der Waals surface area contributed by atoms with Crippen LogP contribution in [0.15, 0.2) is 36.7 Å². The Morgan fingerprint density at radius 1 is 1.26 bits per heavy atom. The van der Waals surface area contributed by atoms with Gasteiger partial charge >= 0.3 is 6.18 Å². The summed E-state index contributed by atoms with van der Waals surface area (Å²) in [6, 6.07) is 4.48. The zero-order chi connectivity index (χ0) is 28.1. The van der Waals surface area contributed by atoms with Gasteiger partial charge in [0.05, 0.1) is 23.8 Å². The number of alkyl halides is 3. The molecule has 1 saturated heterocycles. The Morgan fingerprint density at radius 3 is 2.67 bits per heavy atom. The first-order valence-corrected chi connectivity index (χ1v) is 12.5. The summed E-state index contributed by atoms with van der Waals surface area (Å²) >= 11 is 0. The molecule has 9 nitrogen and oxygen atoms in total.